The number of carbonyl (C=O) groups excluding carboxylic acids is 1. The molecule has 0 aliphatic carbocycles. The number of aromatic nitrogens is 1. The molecule has 144 valence electrons. The lowest BCUT2D eigenvalue weighted by atomic mass is 10.0. The van der Waals surface area contributed by atoms with Crippen LogP contribution in [0.2, 0.25) is 0 Å². The second-order valence-electron chi connectivity index (χ2n) is 7.33. The highest BCUT2D eigenvalue weighted by Crippen LogP contribution is 2.24. The Hall–Kier alpha value is -2.72. The zero-order valence-corrected chi connectivity index (χ0v) is 16.3. The molecule has 1 atom stereocenters. The number of hydrogen-bond donors (Lipinski definition) is 0. The van der Waals surface area contributed by atoms with Gasteiger partial charge in [-0.05, 0) is 56.0 Å². The molecule has 0 radical (unpaired) electrons. The monoisotopic (exact) mass is 374 g/mol. The van der Waals surface area contributed by atoms with Gasteiger partial charge in [-0.3, -0.25) is 9.78 Å². The second kappa shape index (κ2) is 8.53. The first-order valence-electron chi connectivity index (χ1n) is 10.1. The van der Waals surface area contributed by atoms with Gasteiger partial charge in [0.2, 0.25) is 0 Å². The van der Waals surface area contributed by atoms with Crippen LogP contribution in [0.5, 0.6) is 0 Å². The van der Waals surface area contributed by atoms with Crippen molar-refractivity contribution in [1.29, 1.82) is 0 Å². The Labute approximate surface area is 166 Å². The summed E-state index contributed by atoms with van der Waals surface area (Å²) in [7, 11) is 0. The molecule has 1 aliphatic rings. The van der Waals surface area contributed by atoms with Crippen LogP contribution in [-0.4, -0.2) is 41.6 Å². The predicted molar refractivity (Wildman–Crippen MR) is 112 cm³/mol. The van der Waals surface area contributed by atoms with Gasteiger partial charge in [0.15, 0.2) is 0 Å². The van der Waals surface area contributed by atoms with Gasteiger partial charge in [-0.15, -0.1) is 0 Å². The van der Waals surface area contributed by atoms with Crippen molar-refractivity contribution in [3.05, 3.63) is 66.4 Å². The van der Waals surface area contributed by atoms with E-state index in [1.807, 2.05) is 60.5 Å². The Balaban J connectivity index is 1.56. The lowest BCUT2D eigenvalue weighted by Crippen LogP contribution is -2.39. The molecular formula is C24H26N2O2. The Kier molecular flexibility index (Phi) is 5.68. The predicted octanol–water partition coefficient (Wildman–Crippen LogP) is 4.93. The maximum atomic E-state index is 13.1. The van der Waals surface area contributed by atoms with Crippen molar-refractivity contribution in [3.8, 4) is 11.1 Å². The number of rotatable bonds is 5. The molecule has 4 nitrogen and oxygen atoms in total. The molecule has 3 aromatic rings. The van der Waals surface area contributed by atoms with Crippen LogP contribution in [-0.2, 0) is 4.74 Å². The number of pyridine rings is 1. The maximum Gasteiger partial charge on any atom is 0.253 e. The summed E-state index contributed by atoms with van der Waals surface area (Å²) in [6, 6.07) is 18.0. The average Bonchev–Trinajstić information content (AvgIpc) is 2.77. The first-order chi connectivity index (χ1) is 13.7. The minimum atomic E-state index is 0.0623. The zero-order chi connectivity index (χ0) is 19.3. The SMILES string of the molecule is CCN(C[C@@H]1CCCCO1)C(=O)c1cccc(-c2cnc3ccccc3c2)c1. The summed E-state index contributed by atoms with van der Waals surface area (Å²) in [6.45, 7) is 4.18. The number of fused-ring (bicyclic) bond motifs is 1. The van der Waals surface area contributed by atoms with Crippen LogP contribution in [0.25, 0.3) is 22.0 Å². The van der Waals surface area contributed by atoms with Gasteiger partial charge in [0, 0.05) is 42.4 Å². The van der Waals surface area contributed by atoms with Crippen LogP contribution in [0.15, 0.2) is 60.8 Å². The van der Waals surface area contributed by atoms with E-state index in [1.165, 1.54) is 6.42 Å². The Bertz CT molecular complexity index is 963. The fourth-order valence-electron chi connectivity index (χ4n) is 3.80. The number of amides is 1. The molecule has 0 spiro atoms. The average molecular weight is 374 g/mol. The molecule has 0 unspecified atom stereocenters. The van der Waals surface area contributed by atoms with Crippen molar-refractivity contribution in [2.75, 3.05) is 19.7 Å². The number of benzene rings is 2. The highest BCUT2D eigenvalue weighted by atomic mass is 16.5. The maximum absolute atomic E-state index is 13.1. The van der Waals surface area contributed by atoms with Gasteiger partial charge < -0.3 is 9.64 Å². The van der Waals surface area contributed by atoms with Gasteiger partial charge >= 0.3 is 0 Å². The van der Waals surface area contributed by atoms with Gasteiger partial charge in [0.1, 0.15) is 0 Å². The molecule has 1 aliphatic heterocycles. The van der Waals surface area contributed by atoms with E-state index in [4.69, 9.17) is 4.74 Å². The fraction of sp³-hybridized carbons (Fsp3) is 0.333. The molecule has 4 heteroatoms. The third-order valence-corrected chi connectivity index (χ3v) is 5.40. The molecular weight excluding hydrogens is 348 g/mol. The van der Waals surface area contributed by atoms with Crippen molar-refractivity contribution >= 4 is 16.8 Å². The van der Waals surface area contributed by atoms with E-state index >= 15 is 0 Å². The van der Waals surface area contributed by atoms with E-state index in [1.54, 1.807) is 0 Å². The smallest absolute Gasteiger partial charge is 0.253 e. The summed E-state index contributed by atoms with van der Waals surface area (Å²) in [4.78, 5) is 19.5. The van der Waals surface area contributed by atoms with Crippen LogP contribution in [0, 0.1) is 0 Å². The van der Waals surface area contributed by atoms with Gasteiger partial charge in [-0.2, -0.15) is 0 Å². The zero-order valence-electron chi connectivity index (χ0n) is 16.3. The molecule has 0 bridgehead atoms. The summed E-state index contributed by atoms with van der Waals surface area (Å²) < 4.78 is 5.83. The van der Waals surface area contributed by atoms with Crippen molar-refractivity contribution in [2.45, 2.75) is 32.3 Å². The quantitative estimate of drug-likeness (QED) is 0.636. The van der Waals surface area contributed by atoms with Crippen molar-refractivity contribution in [2.24, 2.45) is 0 Å². The molecule has 1 aromatic heterocycles. The Morgan fingerprint density at radius 3 is 2.82 bits per heavy atom. The van der Waals surface area contributed by atoms with E-state index in [0.717, 1.165) is 41.5 Å². The van der Waals surface area contributed by atoms with Gasteiger partial charge in [-0.25, -0.2) is 0 Å². The highest BCUT2D eigenvalue weighted by Gasteiger charge is 2.21. The van der Waals surface area contributed by atoms with Gasteiger partial charge in [-0.1, -0.05) is 30.3 Å². The number of ether oxygens (including phenoxy) is 1. The molecule has 2 aromatic carbocycles. The summed E-state index contributed by atoms with van der Waals surface area (Å²) >= 11 is 0. The van der Waals surface area contributed by atoms with Crippen LogP contribution in [0.1, 0.15) is 36.5 Å². The first kappa shape index (κ1) is 18.6. The summed E-state index contributed by atoms with van der Waals surface area (Å²) in [5.41, 5.74) is 3.72. The van der Waals surface area contributed by atoms with Gasteiger partial charge in [0.05, 0.1) is 11.6 Å². The number of likely N-dealkylation sites (N-methyl/N-ethyl adjacent to an activating group) is 1. The van der Waals surface area contributed by atoms with Crippen LogP contribution >= 0.6 is 0 Å². The largest absolute Gasteiger partial charge is 0.376 e. The summed E-state index contributed by atoms with van der Waals surface area (Å²) in [5.74, 6) is 0.0623. The summed E-state index contributed by atoms with van der Waals surface area (Å²) in [5, 5.41) is 1.10. The van der Waals surface area contributed by atoms with E-state index < -0.39 is 0 Å². The Morgan fingerprint density at radius 1 is 1.11 bits per heavy atom. The normalized spacial score (nSPS) is 16.8. The standard InChI is InChI=1S/C24H26N2O2/c1-2-26(17-22-11-5-6-13-28-22)24(27)20-10-7-9-18(14-20)21-15-19-8-3-4-12-23(19)25-16-21/h3-4,7-10,12,14-16,22H,2,5-6,11,13,17H2,1H3/t22-/m0/s1. The lowest BCUT2D eigenvalue weighted by molar-refractivity contribution is -0.00311. The second-order valence-corrected chi connectivity index (χ2v) is 7.33. The molecule has 1 amide bonds. The molecule has 28 heavy (non-hydrogen) atoms. The van der Waals surface area contributed by atoms with Crippen molar-refractivity contribution < 1.29 is 9.53 Å². The first-order valence-corrected chi connectivity index (χ1v) is 10.1. The number of nitrogens with zero attached hydrogens (tertiary/aromatic N) is 2. The highest BCUT2D eigenvalue weighted by molar-refractivity contribution is 5.95. The summed E-state index contributed by atoms with van der Waals surface area (Å²) in [6.07, 6.45) is 5.37. The van der Waals surface area contributed by atoms with Crippen LogP contribution < -0.4 is 0 Å². The molecule has 1 saturated heterocycles. The topological polar surface area (TPSA) is 42.4 Å². The third kappa shape index (κ3) is 4.07. The minimum absolute atomic E-state index is 0.0623. The number of para-hydroxylation sites is 1. The van der Waals surface area contributed by atoms with Crippen molar-refractivity contribution in [3.63, 3.8) is 0 Å². The van der Waals surface area contributed by atoms with E-state index in [2.05, 4.69) is 17.1 Å². The molecule has 1 fully saturated rings. The van der Waals surface area contributed by atoms with Crippen LogP contribution in [0.4, 0.5) is 0 Å². The molecule has 2 heterocycles. The number of carbonyl (C=O) groups is 1. The van der Waals surface area contributed by atoms with E-state index in [9.17, 15) is 4.79 Å². The lowest BCUT2D eigenvalue weighted by Gasteiger charge is -2.29. The van der Waals surface area contributed by atoms with E-state index in [0.29, 0.717) is 18.7 Å². The number of hydrogen-bond acceptors (Lipinski definition) is 3. The molecule has 0 N–H and O–H groups in total. The van der Waals surface area contributed by atoms with Gasteiger partial charge in [0.25, 0.3) is 5.91 Å². The molecule has 4 rings (SSSR count). The Morgan fingerprint density at radius 2 is 2.00 bits per heavy atom. The molecule has 0 saturated carbocycles. The fourth-order valence-corrected chi connectivity index (χ4v) is 3.80. The van der Waals surface area contributed by atoms with Crippen LogP contribution in [0.3, 0.4) is 0 Å². The minimum Gasteiger partial charge on any atom is -0.376 e. The van der Waals surface area contributed by atoms with E-state index in [-0.39, 0.29) is 12.0 Å². The third-order valence-electron chi connectivity index (χ3n) is 5.40. The van der Waals surface area contributed by atoms with Crippen molar-refractivity contribution in [1.82, 2.24) is 9.88 Å².